The van der Waals surface area contributed by atoms with Crippen molar-refractivity contribution in [3.05, 3.63) is 28.8 Å². The van der Waals surface area contributed by atoms with Gasteiger partial charge in [0, 0.05) is 11.1 Å². The Kier molecular flexibility index (Phi) is 6.45. The summed E-state index contributed by atoms with van der Waals surface area (Å²) in [4.78, 5) is 25.0. The van der Waals surface area contributed by atoms with E-state index in [1.54, 1.807) is 0 Å². The van der Waals surface area contributed by atoms with Gasteiger partial charge in [-0.15, -0.1) is 0 Å². The van der Waals surface area contributed by atoms with Crippen molar-refractivity contribution in [3.63, 3.8) is 0 Å². The number of benzene rings is 1. The normalized spacial score (nSPS) is 12.0. The van der Waals surface area contributed by atoms with Crippen LogP contribution in [0.4, 0.5) is 10.5 Å². The first-order valence-electron chi connectivity index (χ1n) is 6.54. The molecule has 2 amide bonds. The van der Waals surface area contributed by atoms with Crippen LogP contribution < -0.4 is 10.6 Å². The summed E-state index contributed by atoms with van der Waals surface area (Å²) in [5.74, 6) is -1.12. The Hall–Kier alpha value is -1.79. The van der Waals surface area contributed by atoms with Gasteiger partial charge in [-0.25, -0.2) is 9.59 Å². The summed E-state index contributed by atoms with van der Waals surface area (Å²) in [5, 5.41) is 14.7. The van der Waals surface area contributed by atoms with Crippen LogP contribution in [-0.4, -0.2) is 48.7 Å². The number of hydrogen-bond donors (Lipinski definition) is 3. The topological polar surface area (TPSA) is 81.7 Å². The Morgan fingerprint density at radius 2 is 2.05 bits per heavy atom. The molecule has 0 aliphatic heterocycles. The van der Waals surface area contributed by atoms with E-state index in [-0.39, 0.29) is 17.3 Å². The molecule has 7 heteroatoms. The third-order valence-electron chi connectivity index (χ3n) is 2.85. The molecule has 1 unspecified atom stereocenters. The van der Waals surface area contributed by atoms with Crippen LogP contribution in [0, 0.1) is 0 Å². The molecule has 0 fully saturated rings. The first-order chi connectivity index (χ1) is 9.79. The number of nitrogens with zero attached hydrogens (tertiary/aromatic N) is 1. The van der Waals surface area contributed by atoms with E-state index in [9.17, 15) is 9.59 Å². The Morgan fingerprint density at radius 1 is 1.38 bits per heavy atom. The SMILES string of the molecule is CC(CCN(C)C)NC(=O)Nc1cc(Cl)ccc1C(=O)O. The second-order valence-electron chi connectivity index (χ2n) is 5.09. The third-order valence-corrected chi connectivity index (χ3v) is 3.08. The maximum atomic E-state index is 11.9. The van der Waals surface area contributed by atoms with E-state index in [4.69, 9.17) is 16.7 Å². The van der Waals surface area contributed by atoms with Gasteiger partial charge in [-0.2, -0.15) is 0 Å². The van der Waals surface area contributed by atoms with Crippen molar-refractivity contribution in [2.45, 2.75) is 19.4 Å². The summed E-state index contributed by atoms with van der Waals surface area (Å²) in [6, 6.07) is 3.75. The number of urea groups is 1. The van der Waals surface area contributed by atoms with Crippen LogP contribution in [0.2, 0.25) is 5.02 Å². The molecule has 0 aromatic heterocycles. The highest BCUT2D eigenvalue weighted by molar-refractivity contribution is 6.31. The number of hydrogen-bond acceptors (Lipinski definition) is 3. The van der Waals surface area contributed by atoms with Gasteiger partial charge in [0.05, 0.1) is 11.3 Å². The van der Waals surface area contributed by atoms with Crippen LogP contribution in [0.1, 0.15) is 23.7 Å². The van der Waals surface area contributed by atoms with Crippen LogP contribution in [0.25, 0.3) is 0 Å². The molecule has 0 heterocycles. The Bertz CT molecular complexity index is 520. The van der Waals surface area contributed by atoms with Crippen molar-refractivity contribution in [3.8, 4) is 0 Å². The number of carboxylic acids is 1. The number of aromatic carboxylic acids is 1. The van der Waals surface area contributed by atoms with Gasteiger partial charge in [-0.05, 0) is 52.2 Å². The van der Waals surface area contributed by atoms with Gasteiger partial charge in [0.15, 0.2) is 0 Å². The van der Waals surface area contributed by atoms with Crippen molar-refractivity contribution >= 4 is 29.3 Å². The summed E-state index contributed by atoms with van der Waals surface area (Å²) in [6.45, 7) is 2.73. The third kappa shape index (κ3) is 6.01. The van der Waals surface area contributed by atoms with Gasteiger partial charge in [-0.1, -0.05) is 11.6 Å². The summed E-state index contributed by atoms with van der Waals surface area (Å²) < 4.78 is 0. The molecular weight excluding hydrogens is 294 g/mol. The summed E-state index contributed by atoms with van der Waals surface area (Å²) in [5.41, 5.74) is 0.169. The molecule has 1 atom stereocenters. The highest BCUT2D eigenvalue weighted by Crippen LogP contribution is 2.21. The molecule has 3 N–H and O–H groups in total. The Morgan fingerprint density at radius 3 is 2.62 bits per heavy atom. The largest absolute Gasteiger partial charge is 0.478 e. The van der Waals surface area contributed by atoms with Crippen molar-refractivity contribution < 1.29 is 14.7 Å². The fraction of sp³-hybridized carbons (Fsp3) is 0.429. The Labute approximate surface area is 129 Å². The molecule has 1 aromatic carbocycles. The van der Waals surface area contributed by atoms with E-state index in [1.165, 1.54) is 18.2 Å². The highest BCUT2D eigenvalue weighted by atomic mass is 35.5. The molecule has 116 valence electrons. The number of nitrogens with one attached hydrogen (secondary N) is 2. The van der Waals surface area contributed by atoms with E-state index >= 15 is 0 Å². The molecule has 21 heavy (non-hydrogen) atoms. The summed E-state index contributed by atoms with van der Waals surface area (Å²) in [6.07, 6.45) is 0.793. The molecule has 0 radical (unpaired) electrons. The van der Waals surface area contributed by atoms with Crippen molar-refractivity contribution in [1.82, 2.24) is 10.2 Å². The lowest BCUT2D eigenvalue weighted by Crippen LogP contribution is -2.38. The molecule has 0 aliphatic carbocycles. The maximum Gasteiger partial charge on any atom is 0.337 e. The first-order valence-corrected chi connectivity index (χ1v) is 6.92. The van der Waals surface area contributed by atoms with Crippen LogP contribution in [-0.2, 0) is 0 Å². The quantitative estimate of drug-likeness (QED) is 0.753. The van der Waals surface area contributed by atoms with Gasteiger partial charge < -0.3 is 20.6 Å². The molecular formula is C14H20ClN3O3. The molecule has 1 aromatic rings. The van der Waals surface area contributed by atoms with Crippen molar-refractivity contribution in [2.75, 3.05) is 26.0 Å². The zero-order valence-corrected chi connectivity index (χ0v) is 13.1. The molecule has 0 saturated heterocycles. The van der Waals surface area contributed by atoms with E-state index in [2.05, 4.69) is 10.6 Å². The van der Waals surface area contributed by atoms with Gasteiger partial charge >= 0.3 is 12.0 Å². The standard InChI is InChI=1S/C14H20ClN3O3/c1-9(6-7-18(2)3)16-14(21)17-12-8-10(15)4-5-11(12)13(19)20/h4-5,8-9H,6-7H2,1-3H3,(H,19,20)(H2,16,17,21). The van der Waals surface area contributed by atoms with E-state index in [0.717, 1.165) is 13.0 Å². The second kappa shape index (κ2) is 7.85. The smallest absolute Gasteiger partial charge is 0.337 e. The number of amides is 2. The number of anilines is 1. The van der Waals surface area contributed by atoms with Gasteiger partial charge in [0.25, 0.3) is 0 Å². The van der Waals surface area contributed by atoms with E-state index in [0.29, 0.717) is 5.02 Å². The predicted molar refractivity (Wildman–Crippen MR) is 83.2 cm³/mol. The molecule has 0 aliphatic rings. The number of carboxylic acid groups (broad SMARTS) is 1. The number of carbonyl (C=O) groups excluding carboxylic acids is 1. The van der Waals surface area contributed by atoms with Crippen LogP contribution in [0.15, 0.2) is 18.2 Å². The lowest BCUT2D eigenvalue weighted by Gasteiger charge is -2.17. The lowest BCUT2D eigenvalue weighted by atomic mass is 10.2. The number of halogens is 1. The first kappa shape index (κ1) is 17.3. The number of rotatable bonds is 6. The molecule has 0 saturated carbocycles. The molecule has 1 rings (SSSR count). The number of carbonyl (C=O) groups is 2. The minimum Gasteiger partial charge on any atom is -0.478 e. The van der Waals surface area contributed by atoms with Crippen molar-refractivity contribution in [1.29, 1.82) is 0 Å². The molecule has 0 spiro atoms. The average molecular weight is 314 g/mol. The molecule has 0 bridgehead atoms. The molecule has 6 nitrogen and oxygen atoms in total. The predicted octanol–water partition coefficient (Wildman–Crippen LogP) is 2.50. The highest BCUT2D eigenvalue weighted by Gasteiger charge is 2.14. The van der Waals surface area contributed by atoms with Gasteiger partial charge in [0.1, 0.15) is 0 Å². The second-order valence-corrected chi connectivity index (χ2v) is 5.52. The van der Waals surface area contributed by atoms with E-state index < -0.39 is 12.0 Å². The van der Waals surface area contributed by atoms with Gasteiger partial charge in [-0.3, -0.25) is 0 Å². The van der Waals surface area contributed by atoms with E-state index in [1.807, 2.05) is 25.9 Å². The van der Waals surface area contributed by atoms with Crippen LogP contribution in [0.5, 0.6) is 0 Å². The van der Waals surface area contributed by atoms with Crippen LogP contribution >= 0.6 is 11.6 Å². The Balaban J connectivity index is 2.66. The fourth-order valence-corrected chi connectivity index (χ4v) is 1.88. The maximum absolute atomic E-state index is 11.9. The zero-order chi connectivity index (χ0) is 16.0. The monoisotopic (exact) mass is 313 g/mol. The summed E-state index contributed by atoms with van der Waals surface area (Å²) in [7, 11) is 3.91. The van der Waals surface area contributed by atoms with Crippen molar-refractivity contribution in [2.24, 2.45) is 0 Å². The summed E-state index contributed by atoms with van der Waals surface area (Å²) >= 11 is 5.83. The fourth-order valence-electron chi connectivity index (χ4n) is 1.71. The average Bonchev–Trinajstić information content (AvgIpc) is 2.35. The minimum atomic E-state index is -1.12. The van der Waals surface area contributed by atoms with Crippen LogP contribution in [0.3, 0.4) is 0 Å². The van der Waals surface area contributed by atoms with Gasteiger partial charge in [0.2, 0.25) is 0 Å². The zero-order valence-electron chi connectivity index (χ0n) is 12.3. The minimum absolute atomic E-state index is 0.00417. The lowest BCUT2D eigenvalue weighted by molar-refractivity contribution is 0.0698.